The average molecular weight is 270 g/mol. The first-order valence-electron chi connectivity index (χ1n) is 4.13. The molecular weight excluding hydrogens is 262 g/mol. The average Bonchev–Trinajstić information content (AvgIpc) is 2.18. The van der Waals surface area contributed by atoms with Gasteiger partial charge in [-0.15, -0.1) is 0 Å². The van der Waals surface area contributed by atoms with Gasteiger partial charge < -0.3 is 0 Å². The van der Waals surface area contributed by atoms with Crippen LogP contribution in [0.15, 0.2) is 28.7 Å². The van der Waals surface area contributed by atoms with E-state index in [2.05, 4.69) is 15.9 Å². The number of nitro benzene ring substituents is 1. The summed E-state index contributed by atoms with van der Waals surface area (Å²) in [7, 11) is 0. The molecule has 15 heavy (non-hydrogen) atoms. The largest absolute Gasteiger partial charge is 0.294 e. The first-order chi connectivity index (χ1) is 7.00. The number of ketones is 1. The number of allylic oxidation sites excluding steroid dienone is 1. The molecule has 0 heterocycles. The maximum Gasteiger partial charge on any atom is 0.269 e. The van der Waals surface area contributed by atoms with E-state index >= 15 is 0 Å². The number of rotatable bonds is 3. The van der Waals surface area contributed by atoms with Gasteiger partial charge in [-0.25, -0.2) is 0 Å². The van der Waals surface area contributed by atoms with Crippen LogP contribution in [0.5, 0.6) is 0 Å². The number of benzene rings is 1. The fraction of sp³-hybridized carbons (Fsp3) is 0.100. The number of halogens is 1. The number of hydrogen-bond acceptors (Lipinski definition) is 3. The highest BCUT2D eigenvalue weighted by Gasteiger charge is 2.03. The van der Waals surface area contributed by atoms with E-state index in [-0.39, 0.29) is 11.5 Å². The predicted octanol–water partition coefficient (Wildman–Crippen LogP) is 2.92. The number of non-ortho nitro benzene ring substituents is 1. The van der Waals surface area contributed by atoms with E-state index in [1.165, 1.54) is 19.1 Å². The predicted molar refractivity (Wildman–Crippen MR) is 60.7 cm³/mol. The number of carbonyl (C=O) groups excluding carboxylic acids is 1. The molecule has 0 radical (unpaired) electrons. The van der Waals surface area contributed by atoms with Gasteiger partial charge in [0, 0.05) is 12.1 Å². The van der Waals surface area contributed by atoms with Crippen LogP contribution in [-0.4, -0.2) is 10.7 Å². The molecule has 0 bridgehead atoms. The molecule has 1 rings (SSSR count). The van der Waals surface area contributed by atoms with Gasteiger partial charge in [0.25, 0.3) is 5.69 Å². The number of hydrogen-bond donors (Lipinski definition) is 0. The topological polar surface area (TPSA) is 60.2 Å². The van der Waals surface area contributed by atoms with Crippen LogP contribution in [0.3, 0.4) is 0 Å². The zero-order valence-corrected chi connectivity index (χ0v) is 9.52. The second-order valence-electron chi connectivity index (χ2n) is 2.90. The van der Waals surface area contributed by atoms with Crippen LogP contribution in [0.25, 0.3) is 6.08 Å². The molecule has 4 nitrogen and oxygen atoms in total. The fourth-order valence-electron chi connectivity index (χ4n) is 0.940. The Morgan fingerprint density at radius 2 is 1.93 bits per heavy atom. The third kappa shape index (κ3) is 3.28. The van der Waals surface area contributed by atoms with Gasteiger partial charge in [0.1, 0.15) is 0 Å². The maximum absolute atomic E-state index is 10.9. The fourth-order valence-corrected chi connectivity index (χ4v) is 1.20. The summed E-state index contributed by atoms with van der Waals surface area (Å²) in [6.45, 7) is 1.44. The highest BCUT2D eigenvalue weighted by Crippen LogP contribution is 2.16. The van der Waals surface area contributed by atoms with Crippen molar-refractivity contribution >= 4 is 33.5 Å². The lowest BCUT2D eigenvalue weighted by Crippen LogP contribution is -1.89. The highest BCUT2D eigenvalue weighted by molar-refractivity contribution is 9.12. The molecule has 5 heteroatoms. The molecule has 0 fully saturated rings. The summed E-state index contributed by atoms with van der Waals surface area (Å²) in [5, 5.41) is 10.4. The van der Waals surface area contributed by atoms with Gasteiger partial charge in [0.05, 0.1) is 9.41 Å². The SMILES string of the molecule is CC(=O)/C(Br)=C\c1ccc([N+](=O)[O-])cc1. The van der Waals surface area contributed by atoms with Crippen molar-refractivity contribution in [1.82, 2.24) is 0 Å². The zero-order valence-electron chi connectivity index (χ0n) is 7.94. The first kappa shape index (κ1) is 11.6. The summed E-state index contributed by atoms with van der Waals surface area (Å²) >= 11 is 3.10. The highest BCUT2D eigenvalue weighted by atomic mass is 79.9. The molecule has 0 saturated carbocycles. The van der Waals surface area contributed by atoms with E-state index in [9.17, 15) is 14.9 Å². The molecule has 0 spiro atoms. The van der Waals surface area contributed by atoms with Crippen molar-refractivity contribution in [1.29, 1.82) is 0 Å². The summed E-state index contributed by atoms with van der Waals surface area (Å²) in [5.74, 6) is -0.0895. The zero-order chi connectivity index (χ0) is 11.4. The summed E-state index contributed by atoms with van der Waals surface area (Å²) in [5.41, 5.74) is 0.772. The van der Waals surface area contributed by atoms with Crippen LogP contribution >= 0.6 is 15.9 Å². The molecule has 0 aliphatic rings. The van der Waals surface area contributed by atoms with Gasteiger partial charge in [-0.3, -0.25) is 14.9 Å². The van der Waals surface area contributed by atoms with E-state index in [1.54, 1.807) is 18.2 Å². The van der Waals surface area contributed by atoms with Crippen molar-refractivity contribution in [2.75, 3.05) is 0 Å². The normalized spacial score (nSPS) is 11.2. The number of nitro groups is 1. The van der Waals surface area contributed by atoms with Crippen LogP contribution in [-0.2, 0) is 4.79 Å². The molecule has 0 aliphatic heterocycles. The monoisotopic (exact) mass is 269 g/mol. The van der Waals surface area contributed by atoms with Crippen LogP contribution < -0.4 is 0 Å². The standard InChI is InChI=1S/C10H8BrNO3/c1-7(13)10(11)6-8-2-4-9(5-3-8)12(14)15/h2-6H,1H3/b10-6+. The van der Waals surface area contributed by atoms with Crippen LogP contribution in [0.1, 0.15) is 12.5 Å². The third-order valence-electron chi connectivity index (χ3n) is 1.73. The molecule has 78 valence electrons. The first-order valence-corrected chi connectivity index (χ1v) is 4.92. The molecule has 0 atom stereocenters. The van der Waals surface area contributed by atoms with Crippen molar-refractivity contribution in [3.05, 3.63) is 44.4 Å². The van der Waals surface area contributed by atoms with E-state index < -0.39 is 4.92 Å². The number of nitrogens with zero attached hydrogens (tertiary/aromatic N) is 1. The second kappa shape index (κ2) is 4.84. The van der Waals surface area contributed by atoms with Crippen molar-refractivity contribution in [2.24, 2.45) is 0 Å². The van der Waals surface area contributed by atoms with Gasteiger partial charge in [-0.1, -0.05) is 0 Å². The van der Waals surface area contributed by atoms with Crippen molar-refractivity contribution in [2.45, 2.75) is 6.92 Å². The summed E-state index contributed by atoms with van der Waals surface area (Å²) in [6.07, 6.45) is 1.62. The summed E-state index contributed by atoms with van der Waals surface area (Å²) in [6, 6.07) is 5.96. The lowest BCUT2D eigenvalue weighted by molar-refractivity contribution is -0.384. The minimum Gasteiger partial charge on any atom is -0.294 e. The van der Waals surface area contributed by atoms with Crippen molar-refractivity contribution < 1.29 is 9.72 Å². The van der Waals surface area contributed by atoms with Gasteiger partial charge >= 0.3 is 0 Å². The Morgan fingerprint density at radius 1 is 1.40 bits per heavy atom. The number of Topliss-reactive ketones (excluding diaryl/α,β-unsaturated/α-hetero) is 1. The maximum atomic E-state index is 10.9. The molecule has 1 aromatic carbocycles. The van der Waals surface area contributed by atoms with Crippen molar-refractivity contribution in [3.63, 3.8) is 0 Å². The minimum absolute atomic E-state index is 0.0334. The summed E-state index contributed by atoms with van der Waals surface area (Å²) < 4.78 is 0.441. The molecule has 0 amide bonds. The smallest absolute Gasteiger partial charge is 0.269 e. The Kier molecular flexibility index (Phi) is 3.74. The third-order valence-corrected chi connectivity index (χ3v) is 2.52. The quantitative estimate of drug-likeness (QED) is 0.482. The molecule has 0 aliphatic carbocycles. The van der Waals surface area contributed by atoms with Crippen molar-refractivity contribution in [3.8, 4) is 0 Å². The molecule has 0 saturated heterocycles. The Hall–Kier alpha value is -1.49. The molecular formula is C10H8BrNO3. The second-order valence-corrected chi connectivity index (χ2v) is 3.75. The van der Waals surface area contributed by atoms with Crippen LogP contribution in [0.4, 0.5) is 5.69 Å². The molecule has 0 aromatic heterocycles. The Morgan fingerprint density at radius 3 is 2.33 bits per heavy atom. The molecule has 0 N–H and O–H groups in total. The van der Waals surface area contributed by atoms with Crippen LogP contribution in [0, 0.1) is 10.1 Å². The van der Waals surface area contributed by atoms with Gasteiger partial charge in [-0.05, 0) is 46.6 Å². The number of carbonyl (C=O) groups is 1. The Bertz CT molecular complexity index is 423. The summed E-state index contributed by atoms with van der Waals surface area (Å²) in [4.78, 5) is 20.8. The Balaban J connectivity index is 2.95. The van der Waals surface area contributed by atoms with E-state index in [0.29, 0.717) is 4.48 Å². The molecule has 0 unspecified atom stereocenters. The lowest BCUT2D eigenvalue weighted by atomic mass is 10.2. The van der Waals surface area contributed by atoms with Gasteiger partial charge in [0.2, 0.25) is 0 Å². The van der Waals surface area contributed by atoms with Gasteiger partial charge in [-0.2, -0.15) is 0 Å². The van der Waals surface area contributed by atoms with E-state index in [4.69, 9.17) is 0 Å². The van der Waals surface area contributed by atoms with Crippen LogP contribution in [0.2, 0.25) is 0 Å². The van der Waals surface area contributed by atoms with E-state index in [0.717, 1.165) is 5.56 Å². The van der Waals surface area contributed by atoms with Gasteiger partial charge in [0.15, 0.2) is 5.78 Å². The lowest BCUT2D eigenvalue weighted by Gasteiger charge is -1.95. The molecule has 1 aromatic rings. The minimum atomic E-state index is -0.465. The Labute approximate surface area is 94.9 Å². The van der Waals surface area contributed by atoms with E-state index in [1.807, 2.05) is 0 Å².